The minimum Gasteiger partial charge on any atom is -0.466 e. The molecule has 1 N–H and O–H groups in total. The summed E-state index contributed by atoms with van der Waals surface area (Å²) in [4.78, 5) is 11.2. The summed E-state index contributed by atoms with van der Waals surface area (Å²) in [5.41, 5.74) is 1.47. The molecule has 0 aromatic heterocycles. The molecule has 0 amide bonds. The summed E-state index contributed by atoms with van der Waals surface area (Å²) in [5, 5.41) is 0. The highest BCUT2D eigenvalue weighted by molar-refractivity contribution is 7.92. The normalized spacial score (nSPS) is 11.0. The summed E-state index contributed by atoms with van der Waals surface area (Å²) in [6, 6.07) is 6.91. The van der Waals surface area contributed by atoms with Crippen molar-refractivity contribution in [3.05, 3.63) is 29.8 Å². The zero-order valence-electron chi connectivity index (χ0n) is 10.5. The lowest BCUT2D eigenvalue weighted by molar-refractivity contribution is -0.143. The maximum Gasteiger partial charge on any atom is 0.306 e. The Labute approximate surface area is 107 Å². The zero-order valence-corrected chi connectivity index (χ0v) is 11.3. The molecule has 0 aliphatic rings. The van der Waals surface area contributed by atoms with E-state index in [1.807, 2.05) is 0 Å². The topological polar surface area (TPSA) is 72.5 Å². The number of carbonyl (C=O) groups is 1. The average Bonchev–Trinajstić information content (AvgIpc) is 2.26. The molecule has 0 spiro atoms. The van der Waals surface area contributed by atoms with Crippen molar-refractivity contribution in [1.82, 2.24) is 0 Å². The van der Waals surface area contributed by atoms with Crippen LogP contribution in [0.3, 0.4) is 0 Å². The molecular weight excluding hydrogens is 254 g/mol. The van der Waals surface area contributed by atoms with Gasteiger partial charge in [-0.3, -0.25) is 9.52 Å². The first-order chi connectivity index (χ1) is 8.40. The molecule has 5 nitrogen and oxygen atoms in total. The molecule has 0 radical (unpaired) electrons. The van der Waals surface area contributed by atoms with Crippen LogP contribution in [0.25, 0.3) is 0 Å². The highest BCUT2D eigenvalue weighted by Gasteiger charge is 2.04. The SMILES string of the molecule is CCOC(=O)CCc1ccc(NS(C)(=O)=O)cc1. The summed E-state index contributed by atoms with van der Waals surface area (Å²) < 4.78 is 29.2. The fraction of sp³-hybridized carbons (Fsp3) is 0.417. The highest BCUT2D eigenvalue weighted by Crippen LogP contribution is 2.12. The number of aryl methyl sites for hydroxylation is 1. The molecule has 100 valence electrons. The van der Waals surface area contributed by atoms with Crippen LogP contribution in [0.4, 0.5) is 5.69 Å². The van der Waals surface area contributed by atoms with Crippen molar-refractivity contribution in [2.75, 3.05) is 17.6 Å². The molecule has 0 aliphatic carbocycles. The summed E-state index contributed by atoms with van der Waals surface area (Å²) in [6.45, 7) is 2.15. The van der Waals surface area contributed by atoms with Crippen molar-refractivity contribution in [2.45, 2.75) is 19.8 Å². The van der Waals surface area contributed by atoms with Gasteiger partial charge in [-0.25, -0.2) is 8.42 Å². The number of hydrogen-bond acceptors (Lipinski definition) is 4. The van der Waals surface area contributed by atoms with Crippen LogP contribution in [0.1, 0.15) is 18.9 Å². The number of esters is 1. The van der Waals surface area contributed by atoms with Gasteiger partial charge in [-0.15, -0.1) is 0 Å². The first-order valence-electron chi connectivity index (χ1n) is 5.63. The first kappa shape index (κ1) is 14.5. The molecule has 6 heteroatoms. The van der Waals surface area contributed by atoms with Crippen molar-refractivity contribution in [1.29, 1.82) is 0 Å². The second-order valence-corrected chi connectivity index (χ2v) is 5.62. The molecule has 0 heterocycles. The van der Waals surface area contributed by atoms with Crippen molar-refractivity contribution in [2.24, 2.45) is 0 Å². The number of rotatable bonds is 6. The molecule has 18 heavy (non-hydrogen) atoms. The molecule has 0 unspecified atom stereocenters. The molecule has 0 saturated carbocycles. The largest absolute Gasteiger partial charge is 0.466 e. The predicted octanol–water partition coefficient (Wildman–Crippen LogP) is 1.55. The van der Waals surface area contributed by atoms with Crippen molar-refractivity contribution in [3.8, 4) is 0 Å². The van der Waals surface area contributed by atoms with Crippen molar-refractivity contribution < 1.29 is 17.9 Å². The fourth-order valence-electron chi connectivity index (χ4n) is 1.43. The van der Waals surface area contributed by atoms with E-state index in [0.717, 1.165) is 11.8 Å². The van der Waals surface area contributed by atoms with E-state index in [2.05, 4.69) is 4.72 Å². The Bertz CT molecular complexity index is 493. The molecule has 0 fully saturated rings. The molecule has 1 aromatic rings. The summed E-state index contributed by atoms with van der Waals surface area (Å²) >= 11 is 0. The van der Waals surface area contributed by atoms with Crippen molar-refractivity contribution >= 4 is 21.7 Å². The standard InChI is InChI=1S/C12H17NO4S/c1-3-17-12(14)9-6-10-4-7-11(8-5-10)13-18(2,15)16/h4-5,7-8,13H,3,6,9H2,1-2H3. The Kier molecular flexibility index (Phi) is 5.15. The van der Waals surface area contributed by atoms with Crippen LogP contribution in [0.5, 0.6) is 0 Å². The quantitative estimate of drug-likeness (QED) is 0.797. The zero-order chi connectivity index (χ0) is 13.6. The van der Waals surface area contributed by atoms with E-state index in [0.29, 0.717) is 25.1 Å². The molecule has 1 aromatic carbocycles. The monoisotopic (exact) mass is 271 g/mol. The van der Waals surface area contributed by atoms with Crippen molar-refractivity contribution in [3.63, 3.8) is 0 Å². The van der Waals surface area contributed by atoms with Gasteiger partial charge in [0.25, 0.3) is 0 Å². The van der Waals surface area contributed by atoms with Gasteiger partial charge in [-0.05, 0) is 31.0 Å². The average molecular weight is 271 g/mol. The van der Waals surface area contributed by atoms with Gasteiger partial charge in [0.2, 0.25) is 10.0 Å². The number of sulfonamides is 1. The van der Waals surface area contributed by atoms with E-state index >= 15 is 0 Å². The molecule has 0 saturated heterocycles. The minimum absolute atomic E-state index is 0.226. The van der Waals surface area contributed by atoms with E-state index in [1.54, 1.807) is 31.2 Å². The van der Waals surface area contributed by atoms with E-state index in [4.69, 9.17) is 4.74 Å². The second-order valence-electron chi connectivity index (χ2n) is 3.88. The van der Waals surface area contributed by atoms with Gasteiger partial charge in [0.1, 0.15) is 0 Å². The maximum atomic E-state index is 11.2. The van der Waals surface area contributed by atoms with Gasteiger partial charge < -0.3 is 4.74 Å². The predicted molar refractivity (Wildman–Crippen MR) is 69.9 cm³/mol. The van der Waals surface area contributed by atoms with Crippen LogP contribution in [0.2, 0.25) is 0 Å². The highest BCUT2D eigenvalue weighted by atomic mass is 32.2. The first-order valence-corrected chi connectivity index (χ1v) is 7.52. The number of hydrogen-bond donors (Lipinski definition) is 1. The molecule has 0 aliphatic heterocycles. The lowest BCUT2D eigenvalue weighted by Crippen LogP contribution is -2.09. The number of ether oxygens (including phenoxy) is 1. The number of benzene rings is 1. The summed E-state index contributed by atoms with van der Waals surface area (Å²) in [6.07, 6.45) is 2.01. The summed E-state index contributed by atoms with van der Waals surface area (Å²) in [5.74, 6) is -0.226. The van der Waals surface area contributed by atoms with Crippen LogP contribution < -0.4 is 4.72 Å². The maximum absolute atomic E-state index is 11.2. The van der Waals surface area contributed by atoms with E-state index < -0.39 is 10.0 Å². The third-order valence-corrected chi connectivity index (χ3v) is 2.79. The summed E-state index contributed by atoms with van der Waals surface area (Å²) in [7, 11) is -3.25. The third-order valence-electron chi connectivity index (χ3n) is 2.18. The Hall–Kier alpha value is -1.56. The molecule has 0 bridgehead atoms. The Balaban J connectivity index is 2.53. The van der Waals surface area contributed by atoms with Crippen LogP contribution in [-0.4, -0.2) is 27.2 Å². The van der Waals surface area contributed by atoms with E-state index in [-0.39, 0.29) is 5.97 Å². The molecular formula is C12H17NO4S. The van der Waals surface area contributed by atoms with Crippen LogP contribution in [0, 0.1) is 0 Å². The van der Waals surface area contributed by atoms with Crippen LogP contribution in [-0.2, 0) is 26.0 Å². The van der Waals surface area contributed by atoms with Crippen LogP contribution in [0.15, 0.2) is 24.3 Å². The number of anilines is 1. The number of carbonyl (C=O) groups excluding carboxylic acids is 1. The van der Waals surface area contributed by atoms with Gasteiger partial charge in [-0.2, -0.15) is 0 Å². The second kappa shape index (κ2) is 6.39. The van der Waals surface area contributed by atoms with Gasteiger partial charge in [0.15, 0.2) is 0 Å². The molecule has 1 rings (SSSR count). The molecule has 0 atom stereocenters. The Morgan fingerprint density at radius 3 is 2.39 bits per heavy atom. The fourth-order valence-corrected chi connectivity index (χ4v) is 2.00. The number of nitrogens with one attached hydrogen (secondary N) is 1. The van der Waals surface area contributed by atoms with Gasteiger partial charge >= 0.3 is 5.97 Å². The van der Waals surface area contributed by atoms with E-state index in [1.165, 1.54) is 0 Å². The Morgan fingerprint density at radius 2 is 1.89 bits per heavy atom. The minimum atomic E-state index is -3.25. The lowest BCUT2D eigenvalue weighted by atomic mass is 10.1. The van der Waals surface area contributed by atoms with Crippen LogP contribution >= 0.6 is 0 Å². The van der Waals surface area contributed by atoms with Gasteiger partial charge in [0, 0.05) is 12.1 Å². The van der Waals surface area contributed by atoms with Gasteiger partial charge in [0.05, 0.1) is 12.9 Å². The Morgan fingerprint density at radius 1 is 1.28 bits per heavy atom. The smallest absolute Gasteiger partial charge is 0.306 e. The third kappa shape index (κ3) is 5.67. The lowest BCUT2D eigenvalue weighted by Gasteiger charge is -2.05. The van der Waals surface area contributed by atoms with E-state index in [9.17, 15) is 13.2 Å². The van der Waals surface area contributed by atoms with Gasteiger partial charge in [-0.1, -0.05) is 12.1 Å².